The molecule has 1 aromatic heterocycles. The van der Waals surface area contributed by atoms with Gasteiger partial charge in [-0.1, -0.05) is 20.8 Å². The first-order valence-electron chi connectivity index (χ1n) is 6.31. The van der Waals surface area contributed by atoms with E-state index < -0.39 is 0 Å². The zero-order valence-electron chi connectivity index (χ0n) is 11.2. The van der Waals surface area contributed by atoms with E-state index in [1.807, 2.05) is 6.07 Å². The van der Waals surface area contributed by atoms with Gasteiger partial charge < -0.3 is 5.32 Å². The molecule has 1 heterocycles. The molecule has 5 nitrogen and oxygen atoms in total. The van der Waals surface area contributed by atoms with E-state index in [1.165, 1.54) is 11.3 Å². The summed E-state index contributed by atoms with van der Waals surface area (Å²) in [6.45, 7) is 6.29. The van der Waals surface area contributed by atoms with E-state index in [2.05, 4.69) is 31.1 Å². The fourth-order valence-electron chi connectivity index (χ4n) is 2.16. The fourth-order valence-corrected chi connectivity index (χ4v) is 2.84. The zero-order valence-corrected chi connectivity index (χ0v) is 12.0. The number of nitro groups is 1. The second-order valence-electron chi connectivity index (χ2n) is 4.82. The number of rotatable bonds is 5. The molecule has 1 N–H and O–H groups in total. The summed E-state index contributed by atoms with van der Waals surface area (Å²) in [6.07, 6.45) is 0.921. The molecule has 0 aliphatic carbocycles. The second-order valence-corrected chi connectivity index (χ2v) is 5.71. The average molecular weight is 279 g/mol. The highest BCUT2D eigenvalue weighted by molar-refractivity contribution is 7.16. The number of nitro benzene ring substituents is 1. The summed E-state index contributed by atoms with van der Waals surface area (Å²) < 4.78 is 0.842. The van der Waals surface area contributed by atoms with Crippen LogP contribution in [0, 0.1) is 16.0 Å². The maximum atomic E-state index is 11.3. The standard InChI is InChI=1S/C13H17N3O2S/c1-4-9(8(2)3)15-10-5-6-11-12(14-7-19-11)13(10)16(17)18/h5-9,15H,4H2,1-3H3. The summed E-state index contributed by atoms with van der Waals surface area (Å²) in [5.74, 6) is 0.413. The Hall–Kier alpha value is -1.69. The molecule has 1 unspecified atom stereocenters. The average Bonchev–Trinajstić information content (AvgIpc) is 2.82. The van der Waals surface area contributed by atoms with Crippen molar-refractivity contribution >= 4 is 32.9 Å². The van der Waals surface area contributed by atoms with Crippen LogP contribution in [-0.2, 0) is 0 Å². The van der Waals surface area contributed by atoms with Gasteiger partial charge in [0.1, 0.15) is 5.69 Å². The monoisotopic (exact) mass is 279 g/mol. The number of fused-ring (bicyclic) bond motifs is 1. The van der Waals surface area contributed by atoms with Crippen molar-refractivity contribution in [1.29, 1.82) is 0 Å². The van der Waals surface area contributed by atoms with Crippen LogP contribution in [0.5, 0.6) is 0 Å². The van der Waals surface area contributed by atoms with Gasteiger partial charge in [0.2, 0.25) is 0 Å². The van der Waals surface area contributed by atoms with Crippen molar-refractivity contribution in [3.8, 4) is 0 Å². The minimum Gasteiger partial charge on any atom is -0.376 e. The molecule has 0 spiro atoms. The lowest BCUT2D eigenvalue weighted by molar-refractivity contribution is -0.382. The van der Waals surface area contributed by atoms with Gasteiger partial charge in [-0.2, -0.15) is 0 Å². The molecular formula is C13H17N3O2S. The van der Waals surface area contributed by atoms with Crippen molar-refractivity contribution in [2.45, 2.75) is 33.2 Å². The van der Waals surface area contributed by atoms with E-state index in [4.69, 9.17) is 0 Å². The molecule has 2 aromatic rings. The lowest BCUT2D eigenvalue weighted by Gasteiger charge is -2.21. The van der Waals surface area contributed by atoms with Gasteiger partial charge in [-0.15, -0.1) is 11.3 Å². The minimum atomic E-state index is -0.350. The lowest BCUT2D eigenvalue weighted by Crippen LogP contribution is -2.25. The smallest absolute Gasteiger partial charge is 0.319 e. The van der Waals surface area contributed by atoms with Crippen LogP contribution < -0.4 is 5.32 Å². The number of nitrogens with one attached hydrogen (secondary N) is 1. The molecule has 1 atom stereocenters. The van der Waals surface area contributed by atoms with Gasteiger partial charge in [0.05, 0.1) is 15.1 Å². The third kappa shape index (κ3) is 2.68. The Morgan fingerprint density at radius 1 is 1.47 bits per heavy atom. The lowest BCUT2D eigenvalue weighted by atomic mass is 10.0. The largest absolute Gasteiger partial charge is 0.376 e. The Labute approximate surface area is 115 Å². The summed E-state index contributed by atoms with van der Waals surface area (Å²) in [4.78, 5) is 15.1. The van der Waals surface area contributed by atoms with Gasteiger partial charge in [0.25, 0.3) is 0 Å². The van der Waals surface area contributed by atoms with E-state index in [0.717, 1.165) is 11.1 Å². The topological polar surface area (TPSA) is 68.1 Å². The predicted molar refractivity (Wildman–Crippen MR) is 78.8 cm³/mol. The molecule has 0 aliphatic heterocycles. The molecule has 0 saturated heterocycles. The van der Waals surface area contributed by atoms with Gasteiger partial charge in [-0.25, -0.2) is 4.98 Å². The molecule has 0 aliphatic rings. The van der Waals surface area contributed by atoms with Crippen molar-refractivity contribution in [3.63, 3.8) is 0 Å². The number of thiazole rings is 1. The van der Waals surface area contributed by atoms with Crippen LogP contribution in [0.15, 0.2) is 17.6 Å². The Bertz CT molecular complexity index is 595. The van der Waals surface area contributed by atoms with E-state index >= 15 is 0 Å². The molecule has 0 saturated carbocycles. The summed E-state index contributed by atoms with van der Waals surface area (Å²) in [7, 11) is 0. The Morgan fingerprint density at radius 3 is 2.79 bits per heavy atom. The first kappa shape index (κ1) is 13.7. The first-order chi connectivity index (χ1) is 9.04. The molecule has 0 radical (unpaired) electrons. The molecule has 2 rings (SSSR count). The zero-order chi connectivity index (χ0) is 14.0. The Kier molecular flexibility index (Phi) is 3.99. The van der Waals surface area contributed by atoms with E-state index in [9.17, 15) is 10.1 Å². The van der Waals surface area contributed by atoms with E-state index in [1.54, 1.807) is 11.6 Å². The van der Waals surface area contributed by atoms with Crippen LogP contribution in [0.2, 0.25) is 0 Å². The van der Waals surface area contributed by atoms with Crippen LogP contribution in [-0.4, -0.2) is 15.9 Å². The van der Waals surface area contributed by atoms with Crippen molar-refractivity contribution in [1.82, 2.24) is 4.98 Å². The van der Waals surface area contributed by atoms with Gasteiger partial charge in [0.15, 0.2) is 5.52 Å². The third-order valence-electron chi connectivity index (χ3n) is 3.24. The summed E-state index contributed by atoms with van der Waals surface area (Å²) in [5.41, 5.74) is 2.75. The third-order valence-corrected chi connectivity index (χ3v) is 4.04. The highest BCUT2D eigenvalue weighted by Gasteiger charge is 2.23. The number of nitrogens with zero attached hydrogens (tertiary/aromatic N) is 2. The van der Waals surface area contributed by atoms with Crippen LogP contribution in [0.4, 0.5) is 11.4 Å². The van der Waals surface area contributed by atoms with Gasteiger partial charge in [-0.05, 0) is 24.5 Å². The summed E-state index contributed by atoms with van der Waals surface area (Å²) >= 11 is 1.42. The van der Waals surface area contributed by atoms with Crippen LogP contribution >= 0.6 is 11.3 Å². The summed E-state index contributed by atoms with van der Waals surface area (Å²) in [5, 5.41) is 14.6. The van der Waals surface area contributed by atoms with E-state index in [-0.39, 0.29) is 16.7 Å². The van der Waals surface area contributed by atoms with Crippen molar-refractivity contribution in [2.24, 2.45) is 5.92 Å². The van der Waals surface area contributed by atoms with Crippen LogP contribution in [0.3, 0.4) is 0 Å². The molecule has 0 fully saturated rings. The number of hydrogen-bond acceptors (Lipinski definition) is 5. The van der Waals surface area contributed by atoms with Crippen LogP contribution in [0.25, 0.3) is 10.2 Å². The molecule has 6 heteroatoms. The maximum absolute atomic E-state index is 11.3. The molecule has 19 heavy (non-hydrogen) atoms. The highest BCUT2D eigenvalue weighted by atomic mass is 32.1. The van der Waals surface area contributed by atoms with Crippen molar-refractivity contribution < 1.29 is 4.92 Å². The number of anilines is 1. The van der Waals surface area contributed by atoms with Gasteiger partial charge in [0, 0.05) is 6.04 Å². The van der Waals surface area contributed by atoms with Gasteiger partial charge in [-0.3, -0.25) is 10.1 Å². The Morgan fingerprint density at radius 2 is 2.21 bits per heavy atom. The van der Waals surface area contributed by atoms with E-state index in [0.29, 0.717) is 17.1 Å². The molecule has 0 bridgehead atoms. The number of benzene rings is 1. The highest BCUT2D eigenvalue weighted by Crippen LogP contribution is 2.35. The number of aromatic nitrogens is 1. The summed E-state index contributed by atoms with van der Waals surface area (Å²) in [6, 6.07) is 3.88. The second kappa shape index (κ2) is 5.52. The fraction of sp³-hybridized carbons (Fsp3) is 0.462. The maximum Gasteiger partial charge on any atom is 0.319 e. The SMILES string of the molecule is CCC(Nc1ccc2scnc2c1[N+](=O)[O-])C(C)C. The van der Waals surface area contributed by atoms with Crippen LogP contribution in [0.1, 0.15) is 27.2 Å². The van der Waals surface area contributed by atoms with Crippen molar-refractivity contribution in [3.05, 3.63) is 27.8 Å². The molecular weight excluding hydrogens is 262 g/mol. The predicted octanol–water partition coefficient (Wildman–Crippen LogP) is 4.05. The van der Waals surface area contributed by atoms with Gasteiger partial charge >= 0.3 is 5.69 Å². The molecule has 0 amide bonds. The first-order valence-corrected chi connectivity index (χ1v) is 7.19. The number of hydrogen-bond donors (Lipinski definition) is 1. The van der Waals surface area contributed by atoms with Crippen molar-refractivity contribution in [2.75, 3.05) is 5.32 Å². The molecule has 1 aromatic carbocycles. The Balaban J connectivity index is 2.47. The quantitative estimate of drug-likeness (QED) is 0.662. The molecule has 102 valence electrons. The minimum absolute atomic E-state index is 0.0813. The normalized spacial score (nSPS) is 12.8.